The second kappa shape index (κ2) is 32.9. The van der Waals surface area contributed by atoms with Crippen LogP contribution in [0, 0.1) is 0 Å². The average Bonchev–Trinajstić information content (AvgIpc) is 3.05. The van der Waals surface area contributed by atoms with Gasteiger partial charge in [0.1, 0.15) is 13.2 Å². The second-order valence-corrected chi connectivity index (χ2v) is 14.2. The van der Waals surface area contributed by atoms with Crippen LogP contribution in [0.1, 0.15) is 155 Å². The third kappa shape index (κ3) is 34.0. The van der Waals surface area contributed by atoms with Crippen LogP contribution in [0.15, 0.2) is 24.3 Å². The molecule has 0 rings (SSSR count). The molecule has 0 amide bonds. The van der Waals surface area contributed by atoms with Crippen molar-refractivity contribution in [2.75, 3.05) is 47.5 Å². The number of esters is 2. The number of unbranched alkanes of at least 4 members (excludes halogenated alkanes) is 16. The molecule has 9 heteroatoms. The Balaban J connectivity index is 4.46. The number of hydrogen-bond donors (Lipinski definition) is 0. The lowest BCUT2D eigenvalue weighted by atomic mass is 10.1. The molecule has 0 bridgehead atoms. The zero-order valence-corrected chi connectivity index (χ0v) is 32.1. The lowest BCUT2D eigenvalue weighted by Gasteiger charge is -2.26. The molecule has 0 aliphatic carbocycles. The Hall–Kier alpha value is -2.23. The number of carbonyl (C=O) groups is 3. The number of carboxylic acids is 1. The molecule has 0 aliphatic rings. The first-order valence-corrected chi connectivity index (χ1v) is 19.5. The molecule has 0 saturated carbocycles. The van der Waals surface area contributed by atoms with Crippen molar-refractivity contribution >= 4 is 17.9 Å². The van der Waals surface area contributed by atoms with Crippen molar-refractivity contribution in [3.63, 3.8) is 0 Å². The maximum absolute atomic E-state index is 12.6. The number of rotatable bonds is 35. The Morgan fingerprint density at radius 3 is 1.65 bits per heavy atom. The number of quaternary nitrogens is 1. The third-order valence-electron chi connectivity index (χ3n) is 8.20. The molecule has 0 aromatic rings. The van der Waals surface area contributed by atoms with E-state index in [-0.39, 0.29) is 32.2 Å². The molecule has 0 aromatic carbocycles. The fourth-order valence-corrected chi connectivity index (χ4v) is 5.09. The van der Waals surface area contributed by atoms with Crippen LogP contribution >= 0.6 is 0 Å². The van der Waals surface area contributed by atoms with Gasteiger partial charge in [-0.05, 0) is 44.9 Å². The fourth-order valence-electron chi connectivity index (χ4n) is 5.09. The molecule has 0 radical (unpaired) electrons. The summed E-state index contributed by atoms with van der Waals surface area (Å²) in [5.74, 6) is -2.30. The molecule has 9 nitrogen and oxygen atoms in total. The standard InChI is InChI=1S/C40H73NO8/c1-6-8-10-12-14-15-16-17-18-19-20-21-22-23-25-27-29-31-38(43)49-36(34-47-37(42)30-28-26-24-13-11-9-7-2)35-48-40(39(44)45)46-33-32-41(3,4)5/h14-15,17-18,36,40H,6-13,16,19-35H2,1-5H3/b15-14-,18-17-. The summed E-state index contributed by atoms with van der Waals surface area (Å²) >= 11 is 0. The number of ether oxygens (including phenoxy) is 4. The van der Waals surface area contributed by atoms with Gasteiger partial charge in [0.05, 0.1) is 40.3 Å². The molecule has 0 N–H and O–H groups in total. The summed E-state index contributed by atoms with van der Waals surface area (Å²) < 4.78 is 22.4. The molecular formula is C40H73NO8. The Labute approximate surface area is 299 Å². The highest BCUT2D eigenvalue weighted by atomic mass is 16.7. The van der Waals surface area contributed by atoms with E-state index in [0.29, 0.717) is 23.9 Å². The van der Waals surface area contributed by atoms with E-state index in [1.807, 2.05) is 21.1 Å². The second-order valence-electron chi connectivity index (χ2n) is 14.2. The van der Waals surface area contributed by atoms with Crippen LogP contribution in [0.4, 0.5) is 0 Å². The van der Waals surface area contributed by atoms with Crippen LogP contribution in [0.25, 0.3) is 0 Å². The summed E-state index contributed by atoms with van der Waals surface area (Å²) in [5.41, 5.74) is 0. The van der Waals surface area contributed by atoms with E-state index < -0.39 is 24.3 Å². The largest absolute Gasteiger partial charge is 0.545 e. The van der Waals surface area contributed by atoms with Crippen molar-refractivity contribution in [3.05, 3.63) is 24.3 Å². The average molecular weight is 696 g/mol. The predicted molar refractivity (Wildman–Crippen MR) is 196 cm³/mol. The van der Waals surface area contributed by atoms with E-state index in [2.05, 4.69) is 38.2 Å². The van der Waals surface area contributed by atoms with Gasteiger partial charge in [-0.25, -0.2) is 0 Å². The zero-order valence-electron chi connectivity index (χ0n) is 32.1. The summed E-state index contributed by atoms with van der Waals surface area (Å²) in [4.78, 5) is 36.6. The molecule has 0 spiro atoms. The number of hydrogen-bond acceptors (Lipinski definition) is 8. The molecule has 0 aromatic heterocycles. The minimum Gasteiger partial charge on any atom is -0.545 e. The van der Waals surface area contributed by atoms with Crippen molar-refractivity contribution < 1.29 is 42.9 Å². The van der Waals surface area contributed by atoms with Crippen LogP contribution in [0.5, 0.6) is 0 Å². The zero-order chi connectivity index (χ0) is 36.4. The van der Waals surface area contributed by atoms with Crippen molar-refractivity contribution in [2.24, 2.45) is 0 Å². The highest BCUT2D eigenvalue weighted by molar-refractivity contribution is 5.70. The number of likely N-dealkylation sites (N-methyl/N-ethyl adjacent to an activating group) is 1. The normalized spacial score (nSPS) is 13.2. The Morgan fingerprint density at radius 2 is 1.10 bits per heavy atom. The lowest BCUT2D eigenvalue weighted by Crippen LogP contribution is -2.44. The van der Waals surface area contributed by atoms with E-state index >= 15 is 0 Å². The highest BCUT2D eigenvalue weighted by Crippen LogP contribution is 2.13. The van der Waals surface area contributed by atoms with Gasteiger partial charge in [-0.3, -0.25) is 9.59 Å². The van der Waals surface area contributed by atoms with E-state index in [4.69, 9.17) is 18.9 Å². The molecule has 0 aliphatic heterocycles. The van der Waals surface area contributed by atoms with Crippen LogP contribution < -0.4 is 5.11 Å². The minimum atomic E-state index is -1.62. The molecule has 0 saturated heterocycles. The van der Waals surface area contributed by atoms with Gasteiger partial charge >= 0.3 is 11.9 Å². The van der Waals surface area contributed by atoms with Crippen LogP contribution in [-0.2, 0) is 33.3 Å². The number of allylic oxidation sites excluding steroid dienone is 4. The van der Waals surface area contributed by atoms with E-state index in [1.54, 1.807) is 0 Å². The van der Waals surface area contributed by atoms with Gasteiger partial charge in [-0.2, -0.15) is 0 Å². The van der Waals surface area contributed by atoms with Crippen LogP contribution in [-0.4, -0.2) is 82.3 Å². The quantitative estimate of drug-likeness (QED) is 0.0216. The predicted octanol–water partition coefficient (Wildman–Crippen LogP) is 7.99. The van der Waals surface area contributed by atoms with Gasteiger partial charge < -0.3 is 33.3 Å². The van der Waals surface area contributed by atoms with E-state index in [0.717, 1.165) is 51.4 Å². The first-order valence-electron chi connectivity index (χ1n) is 19.5. The molecule has 286 valence electrons. The lowest BCUT2D eigenvalue weighted by molar-refractivity contribution is -0.870. The number of nitrogens with zero attached hydrogens (tertiary/aromatic N) is 1. The number of aliphatic carboxylic acids is 1. The van der Waals surface area contributed by atoms with Gasteiger partial charge in [0.25, 0.3) is 0 Å². The van der Waals surface area contributed by atoms with Gasteiger partial charge in [0, 0.05) is 12.8 Å². The molecule has 0 fully saturated rings. The molecular weight excluding hydrogens is 622 g/mol. The maximum Gasteiger partial charge on any atom is 0.306 e. The highest BCUT2D eigenvalue weighted by Gasteiger charge is 2.21. The van der Waals surface area contributed by atoms with Crippen molar-refractivity contribution in [3.8, 4) is 0 Å². The van der Waals surface area contributed by atoms with Crippen molar-refractivity contribution in [1.29, 1.82) is 0 Å². The Morgan fingerprint density at radius 1 is 0.612 bits per heavy atom. The molecule has 2 unspecified atom stereocenters. The third-order valence-corrected chi connectivity index (χ3v) is 8.20. The summed E-state index contributed by atoms with van der Waals surface area (Å²) in [5, 5.41) is 11.6. The van der Waals surface area contributed by atoms with Gasteiger partial charge in [0.2, 0.25) is 0 Å². The summed E-state index contributed by atoms with van der Waals surface area (Å²) in [6.07, 6.45) is 29.4. The van der Waals surface area contributed by atoms with Crippen molar-refractivity contribution in [2.45, 2.75) is 167 Å². The smallest absolute Gasteiger partial charge is 0.306 e. The van der Waals surface area contributed by atoms with E-state index in [1.165, 1.54) is 70.6 Å². The Kier molecular flexibility index (Phi) is 31.4. The number of carbonyl (C=O) groups excluding carboxylic acids is 3. The van der Waals surface area contributed by atoms with Gasteiger partial charge in [-0.15, -0.1) is 0 Å². The minimum absolute atomic E-state index is 0.147. The molecule has 2 atom stereocenters. The topological polar surface area (TPSA) is 111 Å². The van der Waals surface area contributed by atoms with Crippen molar-refractivity contribution in [1.82, 2.24) is 0 Å². The van der Waals surface area contributed by atoms with Crippen LogP contribution in [0.3, 0.4) is 0 Å². The summed E-state index contributed by atoms with van der Waals surface area (Å²) in [6, 6.07) is 0. The monoisotopic (exact) mass is 696 g/mol. The van der Waals surface area contributed by atoms with E-state index in [9.17, 15) is 19.5 Å². The first kappa shape index (κ1) is 46.8. The molecule has 0 heterocycles. The van der Waals surface area contributed by atoms with Gasteiger partial charge in [-0.1, -0.05) is 122 Å². The van der Waals surface area contributed by atoms with Gasteiger partial charge in [0.15, 0.2) is 12.4 Å². The summed E-state index contributed by atoms with van der Waals surface area (Å²) in [7, 11) is 5.89. The molecule has 49 heavy (non-hydrogen) atoms. The SMILES string of the molecule is CCCCC/C=C\C/C=C\CCCCCCCCCC(=O)OC(COC(=O)CCCCCCCCC)COC(OCC[N+](C)(C)C)C(=O)[O-]. The summed E-state index contributed by atoms with van der Waals surface area (Å²) in [6.45, 7) is 4.64. The fraction of sp³-hybridized carbons (Fsp3) is 0.825. The van der Waals surface area contributed by atoms with Crippen LogP contribution in [0.2, 0.25) is 0 Å². The first-order chi connectivity index (χ1) is 23.6. The number of carboxylic acid groups (broad SMARTS) is 1. The maximum atomic E-state index is 12.6. The Bertz CT molecular complexity index is 867.